The van der Waals surface area contributed by atoms with Crippen molar-refractivity contribution in [3.63, 3.8) is 0 Å². The molecule has 0 amide bonds. The van der Waals surface area contributed by atoms with Gasteiger partial charge in [-0.05, 0) is 43.7 Å². The molecule has 0 atom stereocenters. The van der Waals surface area contributed by atoms with E-state index >= 15 is 0 Å². The van der Waals surface area contributed by atoms with Crippen LogP contribution in [0.4, 0.5) is 10.1 Å². The molecular formula is C13H15FN2O2S2. The van der Waals surface area contributed by atoms with Crippen molar-refractivity contribution in [2.45, 2.75) is 25.3 Å². The molecule has 1 aromatic heterocycles. The van der Waals surface area contributed by atoms with Crippen molar-refractivity contribution in [1.29, 1.82) is 0 Å². The fourth-order valence-corrected chi connectivity index (χ4v) is 3.72. The van der Waals surface area contributed by atoms with E-state index in [1.807, 2.05) is 19.1 Å². The Morgan fingerprint density at radius 2 is 2.00 bits per heavy atom. The summed E-state index contributed by atoms with van der Waals surface area (Å²) in [5.74, 6) is -0.799. The highest BCUT2D eigenvalue weighted by Crippen LogP contribution is 2.22. The van der Waals surface area contributed by atoms with Gasteiger partial charge < -0.3 is 5.73 Å². The molecule has 0 spiro atoms. The SMILES string of the molecule is Cc1ccc(CNS(=O)(=O)c2cc(N)c(C)cc2F)s1. The first-order valence-electron chi connectivity index (χ1n) is 5.90. The fraction of sp³-hybridized carbons (Fsp3) is 0.231. The van der Waals surface area contributed by atoms with E-state index < -0.39 is 20.7 Å². The van der Waals surface area contributed by atoms with Gasteiger partial charge in [-0.3, -0.25) is 0 Å². The quantitative estimate of drug-likeness (QED) is 0.852. The smallest absolute Gasteiger partial charge is 0.243 e. The Balaban J connectivity index is 2.24. The molecule has 108 valence electrons. The largest absolute Gasteiger partial charge is 0.398 e. The van der Waals surface area contributed by atoms with Gasteiger partial charge in [-0.2, -0.15) is 0 Å². The molecule has 3 N–H and O–H groups in total. The molecule has 4 nitrogen and oxygen atoms in total. The van der Waals surface area contributed by atoms with Crippen LogP contribution in [0, 0.1) is 19.7 Å². The highest BCUT2D eigenvalue weighted by Gasteiger charge is 2.20. The van der Waals surface area contributed by atoms with E-state index in [1.165, 1.54) is 11.3 Å². The number of benzene rings is 1. The van der Waals surface area contributed by atoms with Gasteiger partial charge in [0.2, 0.25) is 10.0 Å². The lowest BCUT2D eigenvalue weighted by Crippen LogP contribution is -2.24. The number of sulfonamides is 1. The van der Waals surface area contributed by atoms with Crippen LogP contribution in [-0.2, 0) is 16.6 Å². The van der Waals surface area contributed by atoms with Crippen LogP contribution in [0.25, 0.3) is 0 Å². The summed E-state index contributed by atoms with van der Waals surface area (Å²) in [4.78, 5) is 1.53. The zero-order valence-electron chi connectivity index (χ0n) is 11.1. The van der Waals surface area contributed by atoms with E-state index in [0.717, 1.165) is 21.9 Å². The summed E-state index contributed by atoms with van der Waals surface area (Å²) >= 11 is 1.49. The molecule has 0 aliphatic heterocycles. The summed E-state index contributed by atoms with van der Waals surface area (Å²) in [5.41, 5.74) is 6.40. The van der Waals surface area contributed by atoms with Gasteiger partial charge in [0.05, 0.1) is 0 Å². The predicted molar refractivity (Wildman–Crippen MR) is 78.6 cm³/mol. The standard InChI is InChI=1S/C13H15FN2O2S2/c1-8-5-11(14)13(6-12(8)15)20(17,18)16-7-10-4-3-9(2)19-10/h3-6,16H,7,15H2,1-2H3. The number of nitrogen functional groups attached to an aromatic ring is 1. The molecule has 0 aliphatic carbocycles. The zero-order chi connectivity index (χ0) is 14.9. The summed E-state index contributed by atoms with van der Waals surface area (Å²) in [6.45, 7) is 3.69. The van der Waals surface area contributed by atoms with Crippen LogP contribution in [0.5, 0.6) is 0 Å². The molecule has 20 heavy (non-hydrogen) atoms. The molecule has 2 rings (SSSR count). The van der Waals surface area contributed by atoms with Crippen LogP contribution >= 0.6 is 11.3 Å². The third-order valence-electron chi connectivity index (χ3n) is 2.84. The molecule has 7 heteroatoms. The molecule has 1 aromatic carbocycles. The highest BCUT2D eigenvalue weighted by molar-refractivity contribution is 7.89. The van der Waals surface area contributed by atoms with Gasteiger partial charge in [0.1, 0.15) is 10.7 Å². The summed E-state index contributed by atoms with van der Waals surface area (Å²) < 4.78 is 40.4. The third-order valence-corrected chi connectivity index (χ3v) is 5.26. The Morgan fingerprint density at radius 1 is 1.30 bits per heavy atom. The topological polar surface area (TPSA) is 72.2 Å². The maximum atomic E-state index is 13.8. The monoisotopic (exact) mass is 314 g/mol. The number of nitrogens with one attached hydrogen (secondary N) is 1. The van der Waals surface area contributed by atoms with E-state index in [0.29, 0.717) is 5.56 Å². The fourth-order valence-electron chi connectivity index (χ4n) is 1.70. The number of rotatable bonds is 4. The lowest BCUT2D eigenvalue weighted by molar-refractivity contribution is 0.557. The van der Waals surface area contributed by atoms with Crippen LogP contribution in [0.1, 0.15) is 15.3 Å². The van der Waals surface area contributed by atoms with E-state index in [1.54, 1.807) is 6.92 Å². The minimum Gasteiger partial charge on any atom is -0.398 e. The number of hydrogen-bond acceptors (Lipinski definition) is 4. The maximum absolute atomic E-state index is 13.8. The summed E-state index contributed by atoms with van der Waals surface area (Å²) in [6, 6.07) is 6.01. The van der Waals surface area contributed by atoms with Crippen LogP contribution in [0.2, 0.25) is 0 Å². The van der Waals surface area contributed by atoms with Gasteiger partial charge in [-0.25, -0.2) is 17.5 Å². The lowest BCUT2D eigenvalue weighted by atomic mass is 10.2. The average molecular weight is 314 g/mol. The number of halogens is 1. The lowest BCUT2D eigenvalue weighted by Gasteiger charge is -2.09. The zero-order valence-corrected chi connectivity index (χ0v) is 12.7. The molecular weight excluding hydrogens is 299 g/mol. The number of hydrogen-bond donors (Lipinski definition) is 2. The molecule has 2 aromatic rings. The summed E-state index contributed by atoms with van der Waals surface area (Å²) in [6.07, 6.45) is 0. The van der Waals surface area contributed by atoms with Crippen LogP contribution < -0.4 is 10.5 Å². The molecule has 0 bridgehead atoms. The van der Waals surface area contributed by atoms with E-state index in [2.05, 4.69) is 4.72 Å². The summed E-state index contributed by atoms with van der Waals surface area (Å²) in [7, 11) is -3.92. The normalized spacial score (nSPS) is 11.8. The van der Waals surface area contributed by atoms with E-state index in [4.69, 9.17) is 5.73 Å². The molecule has 0 saturated carbocycles. The first-order valence-corrected chi connectivity index (χ1v) is 8.20. The van der Waals surface area contributed by atoms with Crippen molar-refractivity contribution in [2.75, 3.05) is 5.73 Å². The molecule has 0 radical (unpaired) electrons. The van der Waals surface area contributed by atoms with Gasteiger partial charge in [0.25, 0.3) is 0 Å². The molecule has 1 heterocycles. The molecule has 0 unspecified atom stereocenters. The van der Waals surface area contributed by atoms with Crippen molar-refractivity contribution in [2.24, 2.45) is 0 Å². The minimum atomic E-state index is -3.92. The Labute approximate surface area is 121 Å². The summed E-state index contributed by atoms with van der Waals surface area (Å²) in [5, 5.41) is 0. The Bertz CT molecular complexity index is 739. The van der Waals surface area contributed by atoms with Crippen molar-refractivity contribution < 1.29 is 12.8 Å². The first kappa shape index (κ1) is 15.0. The van der Waals surface area contributed by atoms with Crippen molar-refractivity contribution in [3.8, 4) is 0 Å². The Morgan fingerprint density at radius 3 is 2.60 bits per heavy atom. The number of thiophene rings is 1. The van der Waals surface area contributed by atoms with Gasteiger partial charge >= 0.3 is 0 Å². The van der Waals surface area contributed by atoms with Gasteiger partial charge in [0.15, 0.2) is 0 Å². The van der Waals surface area contributed by atoms with Crippen LogP contribution in [0.15, 0.2) is 29.2 Å². The number of aryl methyl sites for hydroxylation is 2. The maximum Gasteiger partial charge on any atom is 0.243 e. The van der Waals surface area contributed by atoms with E-state index in [9.17, 15) is 12.8 Å². The van der Waals surface area contributed by atoms with Gasteiger partial charge in [0, 0.05) is 22.0 Å². The Hall–Kier alpha value is -1.44. The molecule has 0 saturated heterocycles. The van der Waals surface area contributed by atoms with Crippen LogP contribution in [-0.4, -0.2) is 8.42 Å². The van der Waals surface area contributed by atoms with Crippen molar-refractivity contribution >= 4 is 27.0 Å². The van der Waals surface area contributed by atoms with E-state index in [-0.39, 0.29) is 12.2 Å². The number of anilines is 1. The minimum absolute atomic E-state index is 0.133. The number of nitrogens with two attached hydrogens (primary N) is 1. The van der Waals surface area contributed by atoms with Crippen molar-refractivity contribution in [3.05, 3.63) is 45.4 Å². The average Bonchev–Trinajstić information content (AvgIpc) is 2.77. The first-order chi connectivity index (χ1) is 9.29. The van der Waals surface area contributed by atoms with Crippen LogP contribution in [0.3, 0.4) is 0 Å². The second-order valence-electron chi connectivity index (χ2n) is 4.48. The highest BCUT2D eigenvalue weighted by atomic mass is 32.2. The third kappa shape index (κ3) is 3.17. The van der Waals surface area contributed by atoms with Gasteiger partial charge in [-0.15, -0.1) is 11.3 Å². The predicted octanol–water partition coefficient (Wildman–Crippen LogP) is 2.56. The molecule has 0 aliphatic rings. The molecule has 0 fully saturated rings. The van der Waals surface area contributed by atoms with Gasteiger partial charge in [-0.1, -0.05) is 0 Å². The van der Waals surface area contributed by atoms with Crippen molar-refractivity contribution in [1.82, 2.24) is 4.72 Å². The second kappa shape index (κ2) is 5.51. The second-order valence-corrected chi connectivity index (χ2v) is 7.58. The Kier molecular flexibility index (Phi) is 4.12.